The van der Waals surface area contributed by atoms with Crippen molar-refractivity contribution in [3.63, 3.8) is 0 Å². The number of hydrogen-bond donors (Lipinski definition) is 1. The van der Waals surface area contributed by atoms with Gasteiger partial charge in [-0.15, -0.1) is 0 Å². The van der Waals surface area contributed by atoms with Crippen molar-refractivity contribution in [2.24, 2.45) is 0 Å². The van der Waals surface area contributed by atoms with Crippen LogP contribution in [0.4, 0.5) is 0 Å². The van der Waals surface area contributed by atoms with E-state index in [1.54, 1.807) is 0 Å². The molecule has 0 spiro atoms. The fourth-order valence-electron chi connectivity index (χ4n) is 4.05. The Kier molecular flexibility index (Phi) is 3.28. The zero-order valence-corrected chi connectivity index (χ0v) is 14.8. The molecular formula is C23H23N. The Balaban J connectivity index is 0.000000704. The fourth-order valence-corrected chi connectivity index (χ4v) is 4.05. The molecule has 5 rings (SSSR count). The molecule has 0 aliphatic heterocycles. The Bertz CT molecular complexity index is 1050. The third-order valence-corrected chi connectivity index (χ3v) is 5.21. The van der Waals surface area contributed by atoms with Crippen LogP contribution in [0.5, 0.6) is 0 Å². The van der Waals surface area contributed by atoms with Crippen LogP contribution >= 0.6 is 0 Å². The van der Waals surface area contributed by atoms with Gasteiger partial charge in [0.15, 0.2) is 0 Å². The van der Waals surface area contributed by atoms with Gasteiger partial charge in [0.2, 0.25) is 0 Å². The molecule has 1 N–H and O–H groups in total. The van der Waals surface area contributed by atoms with Crippen LogP contribution in [-0.4, -0.2) is 4.98 Å². The standard InChI is InChI=1S/C21H17N.C2H6/c1-21(2)17-9-5-3-7-13(17)15-11-16-14-8-4-6-10-19(14)22-20(16)12-18(15)21;1-2/h3-12,22H,1-2H3;1-2H3. The summed E-state index contributed by atoms with van der Waals surface area (Å²) in [4.78, 5) is 3.57. The Hall–Kier alpha value is -2.54. The molecule has 0 bridgehead atoms. The second-order valence-corrected chi connectivity index (χ2v) is 6.78. The van der Waals surface area contributed by atoms with Crippen molar-refractivity contribution in [3.05, 3.63) is 71.8 Å². The van der Waals surface area contributed by atoms with Crippen LogP contribution in [0.2, 0.25) is 0 Å². The van der Waals surface area contributed by atoms with Crippen molar-refractivity contribution >= 4 is 21.8 Å². The predicted molar refractivity (Wildman–Crippen MR) is 105 cm³/mol. The van der Waals surface area contributed by atoms with E-state index in [1.807, 2.05) is 13.8 Å². The number of benzene rings is 3. The van der Waals surface area contributed by atoms with E-state index in [1.165, 1.54) is 44.1 Å². The van der Waals surface area contributed by atoms with Crippen LogP contribution < -0.4 is 0 Å². The fraction of sp³-hybridized carbons (Fsp3) is 0.217. The smallest absolute Gasteiger partial charge is 0.0468 e. The molecule has 0 saturated heterocycles. The summed E-state index contributed by atoms with van der Waals surface area (Å²) in [6, 6.07) is 22.1. The van der Waals surface area contributed by atoms with Gasteiger partial charge in [0.1, 0.15) is 0 Å². The molecular weight excluding hydrogens is 290 g/mol. The van der Waals surface area contributed by atoms with Gasteiger partial charge in [0.05, 0.1) is 0 Å². The Morgan fingerprint density at radius 1 is 0.667 bits per heavy atom. The number of fused-ring (bicyclic) bond motifs is 6. The summed E-state index contributed by atoms with van der Waals surface area (Å²) in [5, 5.41) is 2.63. The van der Waals surface area contributed by atoms with Gasteiger partial charge in [0.25, 0.3) is 0 Å². The summed E-state index contributed by atoms with van der Waals surface area (Å²) in [5.41, 5.74) is 8.15. The van der Waals surface area contributed by atoms with E-state index in [0.29, 0.717) is 0 Å². The summed E-state index contributed by atoms with van der Waals surface area (Å²) < 4.78 is 0. The first-order chi connectivity index (χ1) is 11.7. The number of H-pyrrole nitrogens is 1. The zero-order chi connectivity index (χ0) is 16.9. The Morgan fingerprint density at radius 2 is 1.38 bits per heavy atom. The highest BCUT2D eigenvalue weighted by Crippen LogP contribution is 2.50. The number of nitrogens with one attached hydrogen (secondary N) is 1. The molecule has 0 fully saturated rings. The normalized spacial score (nSPS) is 14.2. The molecule has 1 aromatic heterocycles. The molecule has 4 aromatic rings. The molecule has 1 nitrogen and oxygen atoms in total. The van der Waals surface area contributed by atoms with Gasteiger partial charge < -0.3 is 4.98 Å². The van der Waals surface area contributed by atoms with Crippen molar-refractivity contribution in [2.75, 3.05) is 0 Å². The summed E-state index contributed by atoms with van der Waals surface area (Å²) in [6.45, 7) is 8.65. The van der Waals surface area contributed by atoms with E-state index in [9.17, 15) is 0 Å². The molecule has 1 heteroatoms. The average Bonchev–Trinajstić information content (AvgIpc) is 3.09. The molecule has 120 valence electrons. The van der Waals surface area contributed by atoms with Crippen LogP contribution in [0.25, 0.3) is 32.9 Å². The lowest BCUT2D eigenvalue weighted by Crippen LogP contribution is -2.14. The third kappa shape index (κ3) is 1.88. The van der Waals surface area contributed by atoms with Gasteiger partial charge in [-0.3, -0.25) is 0 Å². The van der Waals surface area contributed by atoms with Crippen LogP contribution in [0.3, 0.4) is 0 Å². The quantitative estimate of drug-likeness (QED) is 0.374. The highest BCUT2D eigenvalue weighted by Gasteiger charge is 2.35. The maximum absolute atomic E-state index is 3.57. The first-order valence-corrected chi connectivity index (χ1v) is 8.81. The minimum Gasteiger partial charge on any atom is -0.355 e. The number of para-hydroxylation sites is 1. The number of aromatic nitrogens is 1. The molecule has 0 saturated carbocycles. The van der Waals surface area contributed by atoms with Gasteiger partial charge in [-0.05, 0) is 40.5 Å². The first kappa shape index (κ1) is 15.0. The molecule has 1 heterocycles. The predicted octanol–water partition coefficient (Wildman–Crippen LogP) is 6.65. The molecule has 1 aliphatic carbocycles. The van der Waals surface area contributed by atoms with Gasteiger partial charge in [-0.1, -0.05) is 70.2 Å². The SMILES string of the molecule is CC.CC1(C)c2ccccc2-c2cc3c(cc21)[nH]c1ccccc13. The molecule has 3 aromatic carbocycles. The summed E-state index contributed by atoms with van der Waals surface area (Å²) in [5.74, 6) is 0. The van der Waals surface area contributed by atoms with E-state index in [0.717, 1.165) is 0 Å². The first-order valence-electron chi connectivity index (χ1n) is 8.81. The van der Waals surface area contributed by atoms with E-state index in [2.05, 4.69) is 79.5 Å². The van der Waals surface area contributed by atoms with Crippen LogP contribution in [0.1, 0.15) is 38.8 Å². The molecule has 1 aliphatic rings. The molecule has 0 amide bonds. The maximum Gasteiger partial charge on any atom is 0.0468 e. The number of hydrogen-bond acceptors (Lipinski definition) is 0. The monoisotopic (exact) mass is 313 g/mol. The molecule has 24 heavy (non-hydrogen) atoms. The number of aromatic amines is 1. The van der Waals surface area contributed by atoms with E-state index in [-0.39, 0.29) is 5.41 Å². The lowest BCUT2D eigenvalue weighted by Gasteiger charge is -2.21. The van der Waals surface area contributed by atoms with Gasteiger partial charge in [0, 0.05) is 27.2 Å². The summed E-state index contributed by atoms with van der Waals surface area (Å²) >= 11 is 0. The second-order valence-electron chi connectivity index (χ2n) is 6.78. The zero-order valence-electron chi connectivity index (χ0n) is 14.8. The largest absolute Gasteiger partial charge is 0.355 e. The summed E-state index contributed by atoms with van der Waals surface area (Å²) in [6.07, 6.45) is 0. The highest BCUT2D eigenvalue weighted by molar-refractivity contribution is 6.09. The van der Waals surface area contributed by atoms with E-state index >= 15 is 0 Å². The Morgan fingerprint density at radius 3 is 2.21 bits per heavy atom. The van der Waals surface area contributed by atoms with Gasteiger partial charge in [-0.2, -0.15) is 0 Å². The van der Waals surface area contributed by atoms with Crippen LogP contribution in [0.15, 0.2) is 60.7 Å². The van der Waals surface area contributed by atoms with Crippen molar-refractivity contribution in [2.45, 2.75) is 33.1 Å². The highest BCUT2D eigenvalue weighted by atomic mass is 14.7. The molecule has 0 radical (unpaired) electrons. The minimum atomic E-state index is 0.0669. The maximum atomic E-state index is 3.57. The van der Waals surface area contributed by atoms with Crippen molar-refractivity contribution < 1.29 is 0 Å². The summed E-state index contributed by atoms with van der Waals surface area (Å²) in [7, 11) is 0. The molecule has 0 unspecified atom stereocenters. The third-order valence-electron chi connectivity index (χ3n) is 5.21. The van der Waals surface area contributed by atoms with Crippen molar-refractivity contribution in [3.8, 4) is 11.1 Å². The van der Waals surface area contributed by atoms with Crippen LogP contribution in [-0.2, 0) is 5.41 Å². The van der Waals surface area contributed by atoms with Gasteiger partial charge in [-0.25, -0.2) is 0 Å². The van der Waals surface area contributed by atoms with Gasteiger partial charge >= 0.3 is 0 Å². The van der Waals surface area contributed by atoms with E-state index < -0.39 is 0 Å². The van der Waals surface area contributed by atoms with Crippen LogP contribution in [0, 0.1) is 0 Å². The second kappa shape index (κ2) is 5.24. The van der Waals surface area contributed by atoms with E-state index in [4.69, 9.17) is 0 Å². The lowest BCUT2D eigenvalue weighted by molar-refractivity contribution is 0.661. The van der Waals surface area contributed by atoms with Crippen molar-refractivity contribution in [1.82, 2.24) is 4.98 Å². The number of rotatable bonds is 0. The lowest BCUT2D eigenvalue weighted by atomic mass is 9.82. The van der Waals surface area contributed by atoms with Crippen molar-refractivity contribution in [1.29, 1.82) is 0 Å². The average molecular weight is 313 g/mol. The topological polar surface area (TPSA) is 15.8 Å². The molecule has 0 atom stereocenters. The minimum absolute atomic E-state index is 0.0669. The Labute approximate surface area is 143 Å².